The molecule has 4 N–H and O–H groups in total. The first-order valence-electron chi connectivity index (χ1n) is 13.8. The van der Waals surface area contributed by atoms with Gasteiger partial charge < -0.3 is 26.0 Å². The van der Waals surface area contributed by atoms with Gasteiger partial charge in [0.15, 0.2) is 0 Å². The molecule has 9 nitrogen and oxygen atoms in total. The number of halogens is 1. The summed E-state index contributed by atoms with van der Waals surface area (Å²) in [4.78, 5) is 53.1. The number of carboxylic acid groups (broad SMARTS) is 1. The summed E-state index contributed by atoms with van der Waals surface area (Å²) in [6.45, 7) is 1.72. The van der Waals surface area contributed by atoms with Gasteiger partial charge in [-0.1, -0.05) is 41.9 Å². The van der Waals surface area contributed by atoms with Crippen molar-refractivity contribution < 1.29 is 24.3 Å². The maximum atomic E-state index is 13.4. The van der Waals surface area contributed by atoms with E-state index < -0.39 is 23.0 Å². The van der Waals surface area contributed by atoms with Gasteiger partial charge >= 0.3 is 5.97 Å². The molecule has 3 amide bonds. The lowest BCUT2D eigenvalue weighted by molar-refractivity contribution is -0.115. The van der Waals surface area contributed by atoms with E-state index in [-0.39, 0.29) is 22.2 Å². The highest BCUT2D eigenvalue weighted by molar-refractivity contribution is 8.00. The number of rotatable bonds is 11. The zero-order valence-corrected chi connectivity index (χ0v) is 26.3. The van der Waals surface area contributed by atoms with E-state index in [0.717, 1.165) is 16.1 Å². The maximum Gasteiger partial charge on any atom is 0.337 e. The zero-order valence-electron chi connectivity index (χ0n) is 24.7. The predicted octanol–water partition coefficient (Wildman–Crippen LogP) is 6.63. The second-order valence-electron chi connectivity index (χ2n) is 10.1. The summed E-state index contributed by atoms with van der Waals surface area (Å²) in [6.07, 6.45) is 1.61. The average Bonchev–Trinajstić information content (AvgIpc) is 3.03. The number of carbonyl (C=O) groups excluding carboxylic acids is 3. The molecule has 1 atom stereocenters. The van der Waals surface area contributed by atoms with Crippen LogP contribution in [0.25, 0.3) is 6.08 Å². The van der Waals surface area contributed by atoms with Crippen molar-refractivity contribution in [1.29, 1.82) is 0 Å². The van der Waals surface area contributed by atoms with Gasteiger partial charge in [0.2, 0.25) is 5.91 Å². The van der Waals surface area contributed by atoms with Gasteiger partial charge in [-0.15, -0.1) is 11.8 Å². The topological polar surface area (TPSA) is 128 Å². The molecule has 0 aromatic heterocycles. The summed E-state index contributed by atoms with van der Waals surface area (Å²) in [5.41, 5.74) is 2.92. The van der Waals surface area contributed by atoms with E-state index in [9.17, 15) is 24.3 Å². The molecule has 0 saturated heterocycles. The Hall–Kier alpha value is -5.06. The van der Waals surface area contributed by atoms with Gasteiger partial charge in [0, 0.05) is 41.6 Å². The quantitative estimate of drug-likeness (QED) is 0.107. The second-order valence-corrected chi connectivity index (χ2v) is 11.9. The fourth-order valence-corrected chi connectivity index (χ4v) is 5.13. The summed E-state index contributed by atoms with van der Waals surface area (Å²) in [6, 6.07) is 27.4. The number of carbonyl (C=O) groups is 4. The molecule has 11 heteroatoms. The van der Waals surface area contributed by atoms with Crippen molar-refractivity contribution in [2.45, 2.75) is 17.1 Å². The second kappa shape index (κ2) is 15.1. The summed E-state index contributed by atoms with van der Waals surface area (Å²) in [5.74, 6) is -2.43. The van der Waals surface area contributed by atoms with Crippen LogP contribution >= 0.6 is 23.4 Å². The minimum atomic E-state index is -1.19. The van der Waals surface area contributed by atoms with Crippen LogP contribution in [0.3, 0.4) is 0 Å². The fourth-order valence-electron chi connectivity index (χ4n) is 4.06. The van der Waals surface area contributed by atoms with Gasteiger partial charge in [-0.25, -0.2) is 4.79 Å². The Kier molecular flexibility index (Phi) is 11.0. The van der Waals surface area contributed by atoms with Crippen LogP contribution in [-0.2, 0) is 9.59 Å². The van der Waals surface area contributed by atoms with Crippen LogP contribution in [0.1, 0.15) is 33.2 Å². The van der Waals surface area contributed by atoms with Crippen LogP contribution in [0, 0.1) is 0 Å². The first-order chi connectivity index (χ1) is 21.5. The van der Waals surface area contributed by atoms with Crippen molar-refractivity contribution in [3.63, 3.8) is 0 Å². The highest BCUT2D eigenvalue weighted by Gasteiger charge is 2.18. The van der Waals surface area contributed by atoms with Crippen molar-refractivity contribution in [3.8, 4) is 0 Å². The van der Waals surface area contributed by atoms with E-state index in [1.165, 1.54) is 30.0 Å². The third-order valence-corrected chi connectivity index (χ3v) is 7.95. The van der Waals surface area contributed by atoms with E-state index in [2.05, 4.69) is 16.0 Å². The number of aromatic carboxylic acids is 1. The van der Waals surface area contributed by atoms with Crippen molar-refractivity contribution in [2.24, 2.45) is 0 Å². The molecule has 45 heavy (non-hydrogen) atoms. The average molecular weight is 643 g/mol. The van der Waals surface area contributed by atoms with Crippen LogP contribution in [-0.4, -0.2) is 48.1 Å². The summed E-state index contributed by atoms with van der Waals surface area (Å²) in [7, 11) is 3.87. The fraction of sp³-hybridized carbons (Fsp3) is 0.118. The smallest absolute Gasteiger partial charge is 0.337 e. The van der Waals surface area contributed by atoms with Crippen molar-refractivity contribution in [2.75, 3.05) is 29.6 Å². The lowest BCUT2D eigenvalue weighted by Gasteiger charge is -2.14. The molecule has 0 saturated carbocycles. The number of amides is 3. The number of thioether (sulfide) groups is 1. The van der Waals surface area contributed by atoms with E-state index in [1.807, 2.05) is 43.3 Å². The SMILES string of the molecule is CC(Sc1ccc(NC(=O)/C(=C/c2ccc(N(C)C)cc2)NC(=O)c2ccccc2)cc1)C(=O)Nc1ccc(Cl)c(C(=O)O)c1. The Balaban J connectivity index is 1.44. The number of hydrogen-bond acceptors (Lipinski definition) is 6. The summed E-state index contributed by atoms with van der Waals surface area (Å²) >= 11 is 7.20. The molecule has 1 unspecified atom stereocenters. The first-order valence-corrected chi connectivity index (χ1v) is 15.0. The van der Waals surface area contributed by atoms with Gasteiger partial charge in [0.05, 0.1) is 15.8 Å². The van der Waals surface area contributed by atoms with Gasteiger partial charge in [-0.2, -0.15) is 0 Å². The van der Waals surface area contributed by atoms with Gasteiger partial charge in [0.25, 0.3) is 11.8 Å². The number of carboxylic acids is 1. The molecule has 0 fully saturated rings. The predicted molar refractivity (Wildman–Crippen MR) is 180 cm³/mol. The number of benzene rings is 4. The molecular weight excluding hydrogens is 612 g/mol. The molecule has 0 aliphatic carbocycles. The Morgan fingerprint density at radius 3 is 2.11 bits per heavy atom. The zero-order chi connectivity index (χ0) is 32.5. The minimum Gasteiger partial charge on any atom is -0.478 e. The number of hydrogen-bond donors (Lipinski definition) is 4. The van der Waals surface area contributed by atoms with Crippen molar-refractivity contribution in [1.82, 2.24) is 5.32 Å². The molecule has 4 aromatic carbocycles. The highest BCUT2D eigenvalue weighted by Crippen LogP contribution is 2.27. The van der Waals surface area contributed by atoms with Crippen LogP contribution in [0.2, 0.25) is 5.02 Å². The molecule has 0 aliphatic rings. The highest BCUT2D eigenvalue weighted by atomic mass is 35.5. The number of nitrogens with zero attached hydrogens (tertiary/aromatic N) is 1. The van der Waals surface area contributed by atoms with Crippen molar-refractivity contribution >= 4 is 70.2 Å². The molecule has 4 rings (SSSR count). The number of nitrogens with one attached hydrogen (secondary N) is 3. The van der Waals surface area contributed by atoms with Gasteiger partial charge in [0.1, 0.15) is 5.70 Å². The lowest BCUT2D eigenvalue weighted by atomic mass is 10.1. The maximum absolute atomic E-state index is 13.4. The van der Waals surface area contributed by atoms with Crippen LogP contribution in [0.4, 0.5) is 17.1 Å². The summed E-state index contributed by atoms with van der Waals surface area (Å²) in [5, 5.41) is 17.1. The monoisotopic (exact) mass is 642 g/mol. The third kappa shape index (κ3) is 9.21. The number of anilines is 3. The molecule has 0 heterocycles. The Bertz CT molecular complexity index is 1730. The Morgan fingerprint density at radius 1 is 0.844 bits per heavy atom. The Morgan fingerprint density at radius 2 is 1.49 bits per heavy atom. The van der Waals surface area contributed by atoms with Gasteiger partial charge in [-0.05, 0) is 85.3 Å². The standard InChI is InChI=1S/C34H31ClN4O5S/c1-21(31(40)37-25-13-18-29(35)28(20-25)34(43)44)45-27-16-11-24(12-17-27)36-33(42)30(38-32(41)23-7-5-4-6-8-23)19-22-9-14-26(15-10-22)39(2)3/h4-21H,1-3H3,(H,36,42)(H,37,40)(H,38,41)(H,43,44)/b30-19-. The molecule has 0 aliphatic heterocycles. The molecule has 4 aromatic rings. The van der Waals surface area contributed by atoms with Crippen molar-refractivity contribution in [3.05, 3.63) is 124 Å². The van der Waals surface area contributed by atoms with E-state index >= 15 is 0 Å². The van der Waals surface area contributed by atoms with E-state index in [4.69, 9.17) is 11.6 Å². The normalized spacial score (nSPS) is 11.7. The molecular formula is C34H31ClN4O5S. The van der Waals surface area contributed by atoms with E-state index in [1.54, 1.807) is 67.6 Å². The molecule has 230 valence electrons. The lowest BCUT2D eigenvalue weighted by Crippen LogP contribution is -2.30. The van der Waals surface area contributed by atoms with Crippen LogP contribution < -0.4 is 20.9 Å². The van der Waals surface area contributed by atoms with E-state index in [0.29, 0.717) is 16.9 Å². The molecule has 0 spiro atoms. The first kappa shape index (κ1) is 32.8. The minimum absolute atomic E-state index is 0.0680. The third-order valence-electron chi connectivity index (χ3n) is 6.51. The van der Waals surface area contributed by atoms with Crippen LogP contribution in [0.15, 0.2) is 108 Å². The molecule has 0 radical (unpaired) electrons. The van der Waals surface area contributed by atoms with Gasteiger partial charge in [-0.3, -0.25) is 14.4 Å². The van der Waals surface area contributed by atoms with Crippen LogP contribution in [0.5, 0.6) is 0 Å². The molecule has 0 bridgehead atoms. The Labute approximate surface area is 270 Å². The summed E-state index contributed by atoms with van der Waals surface area (Å²) < 4.78 is 0. The largest absolute Gasteiger partial charge is 0.478 e.